The van der Waals surface area contributed by atoms with Crippen LogP contribution in [0.25, 0.3) is 11.3 Å². The number of Topliss-reactive ketones (excluding diaryl/α,β-unsaturated/α-hetero) is 1. The van der Waals surface area contributed by atoms with Gasteiger partial charge in [-0.2, -0.15) is 13.2 Å². The quantitative estimate of drug-likeness (QED) is 0.770. The molecular formula is C12H8F3NO2. The summed E-state index contributed by atoms with van der Waals surface area (Å²) >= 11 is 0. The normalized spacial score (nSPS) is 11.6. The van der Waals surface area contributed by atoms with Gasteiger partial charge in [0, 0.05) is 5.56 Å². The maximum Gasteiger partial charge on any atom is 0.453 e. The van der Waals surface area contributed by atoms with Crippen molar-refractivity contribution < 1.29 is 22.5 Å². The molecule has 0 radical (unpaired) electrons. The number of benzene rings is 1. The Bertz CT molecular complexity index is 573. The molecule has 0 unspecified atom stereocenters. The van der Waals surface area contributed by atoms with E-state index in [1.807, 2.05) is 0 Å². The van der Waals surface area contributed by atoms with Crippen LogP contribution < -0.4 is 0 Å². The van der Waals surface area contributed by atoms with Gasteiger partial charge in [-0.3, -0.25) is 4.79 Å². The van der Waals surface area contributed by atoms with Crippen molar-refractivity contribution in [1.82, 2.24) is 5.16 Å². The van der Waals surface area contributed by atoms with Crippen LogP contribution in [0.3, 0.4) is 0 Å². The molecule has 0 saturated heterocycles. The Morgan fingerprint density at radius 2 is 1.83 bits per heavy atom. The highest BCUT2D eigenvalue weighted by atomic mass is 19.4. The van der Waals surface area contributed by atoms with E-state index in [4.69, 9.17) is 0 Å². The average molecular weight is 255 g/mol. The van der Waals surface area contributed by atoms with E-state index in [1.165, 1.54) is 0 Å². The Morgan fingerprint density at radius 1 is 1.22 bits per heavy atom. The number of ketones is 1. The van der Waals surface area contributed by atoms with Gasteiger partial charge >= 0.3 is 6.18 Å². The number of hydrogen-bond acceptors (Lipinski definition) is 3. The maximum absolute atomic E-state index is 12.7. The Balaban J connectivity index is 2.64. The summed E-state index contributed by atoms with van der Waals surface area (Å²) in [6.45, 7) is 1.05. The molecule has 6 heteroatoms. The molecule has 94 valence electrons. The third-order valence-corrected chi connectivity index (χ3v) is 2.35. The number of carbonyl (C=O) groups is 1. The van der Waals surface area contributed by atoms with Crippen LogP contribution in [-0.4, -0.2) is 10.9 Å². The second-order valence-corrected chi connectivity index (χ2v) is 3.66. The molecular weight excluding hydrogens is 247 g/mol. The fraction of sp³-hybridized carbons (Fsp3) is 0.167. The molecule has 1 heterocycles. The summed E-state index contributed by atoms with van der Waals surface area (Å²) in [5, 5.41) is 3.36. The van der Waals surface area contributed by atoms with Gasteiger partial charge in [0.2, 0.25) is 0 Å². The molecule has 3 nitrogen and oxygen atoms in total. The van der Waals surface area contributed by atoms with Gasteiger partial charge in [-0.15, -0.1) is 0 Å². The van der Waals surface area contributed by atoms with Crippen LogP contribution in [0.2, 0.25) is 0 Å². The standard InChI is InChI=1S/C12H8F3NO2/c1-7(17)9-10(8-5-3-2-4-6-8)16-18-11(9)12(13,14)15/h2-6H,1H3. The first-order valence-electron chi connectivity index (χ1n) is 5.04. The van der Waals surface area contributed by atoms with Gasteiger partial charge in [-0.05, 0) is 6.92 Å². The first kappa shape index (κ1) is 12.3. The van der Waals surface area contributed by atoms with Crippen LogP contribution in [0.1, 0.15) is 23.0 Å². The monoisotopic (exact) mass is 255 g/mol. The van der Waals surface area contributed by atoms with Crippen molar-refractivity contribution in [2.75, 3.05) is 0 Å². The van der Waals surface area contributed by atoms with Gasteiger partial charge in [0.15, 0.2) is 5.78 Å². The average Bonchev–Trinajstić information content (AvgIpc) is 2.74. The lowest BCUT2D eigenvalue weighted by molar-refractivity contribution is -0.155. The smallest absolute Gasteiger partial charge is 0.350 e. The molecule has 0 atom stereocenters. The summed E-state index contributed by atoms with van der Waals surface area (Å²) in [6, 6.07) is 8.11. The third kappa shape index (κ3) is 2.13. The number of carbonyl (C=O) groups excluding carboxylic acids is 1. The lowest BCUT2D eigenvalue weighted by Crippen LogP contribution is -2.09. The molecule has 1 aromatic heterocycles. The number of aromatic nitrogens is 1. The highest BCUT2D eigenvalue weighted by Crippen LogP contribution is 2.36. The van der Waals surface area contributed by atoms with Gasteiger partial charge in [0.1, 0.15) is 5.69 Å². The predicted octanol–water partition coefficient (Wildman–Crippen LogP) is 3.56. The zero-order valence-electron chi connectivity index (χ0n) is 9.28. The van der Waals surface area contributed by atoms with Crippen molar-refractivity contribution in [3.8, 4) is 11.3 Å². The van der Waals surface area contributed by atoms with E-state index >= 15 is 0 Å². The summed E-state index contributed by atoms with van der Waals surface area (Å²) in [4.78, 5) is 11.4. The molecule has 0 bridgehead atoms. The lowest BCUT2D eigenvalue weighted by Gasteiger charge is -2.03. The van der Waals surface area contributed by atoms with Crippen LogP contribution in [0.4, 0.5) is 13.2 Å². The van der Waals surface area contributed by atoms with Crippen LogP contribution in [-0.2, 0) is 6.18 Å². The van der Waals surface area contributed by atoms with Gasteiger partial charge < -0.3 is 4.52 Å². The number of nitrogens with zero attached hydrogens (tertiary/aromatic N) is 1. The summed E-state index contributed by atoms with van der Waals surface area (Å²) in [5.41, 5.74) is -0.217. The fourth-order valence-corrected chi connectivity index (χ4v) is 1.60. The van der Waals surface area contributed by atoms with Crippen LogP contribution >= 0.6 is 0 Å². The van der Waals surface area contributed by atoms with Crippen molar-refractivity contribution in [3.63, 3.8) is 0 Å². The molecule has 1 aromatic carbocycles. The molecule has 0 spiro atoms. The Labute approximate surface area is 100 Å². The zero-order chi connectivity index (χ0) is 13.3. The number of alkyl halides is 3. The van der Waals surface area contributed by atoms with Crippen LogP contribution in [0.15, 0.2) is 34.9 Å². The van der Waals surface area contributed by atoms with Crippen molar-refractivity contribution in [3.05, 3.63) is 41.7 Å². The largest absolute Gasteiger partial charge is 0.453 e. The van der Waals surface area contributed by atoms with Crippen molar-refractivity contribution in [2.24, 2.45) is 0 Å². The van der Waals surface area contributed by atoms with Gasteiger partial charge in [0.05, 0.1) is 5.56 Å². The molecule has 0 N–H and O–H groups in total. The maximum atomic E-state index is 12.7. The molecule has 0 amide bonds. The molecule has 0 aliphatic carbocycles. The van der Waals surface area contributed by atoms with E-state index in [-0.39, 0.29) is 5.69 Å². The van der Waals surface area contributed by atoms with Crippen LogP contribution in [0.5, 0.6) is 0 Å². The van der Waals surface area contributed by atoms with E-state index in [9.17, 15) is 18.0 Å². The summed E-state index contributed by atoms with van der Waals surface area (Å²) in [6.07, 6.45) is -4.74. The Kier molecular flexibility index (Phi) is 2.94. The van der Waals surface area contributed by atoms with Gasteiger partial charge in [-0.25, -0.2) is 0 Å². The minimum Gasteiger partial charge on any atom is -0.350 e. The third-order valence-electron chi connectivity index (χ3n) is 2.35. The van der Waals surface area contributed by atoms with Gasteiger partial charge in [-0.1, -0.05) is 35.5 Å². The molecule has 0 aliphatic rings. The first-order chi connectivity index (χ1) is 8.41. The van der Waals surface area contributed by atoms with E-state index in [0.29, 0.717) is 5.56 Å². The summed E-state index contributed by atoms with van der Waals surface area (Å²) in [5.74, 6) is -2.09. The molecule has 2 rings (SSSR count). The van der Waals surface area contributed by atoms with Gasteiger partial charge in [0.25, 0.3) is 5.76 Å². The van der Waals surface area contributed by atoms with E-state index in [1.54, 1.807) is 30.3 Å². The zero-order valence-corrected chi connectivity index (χ0v) is 9.28. The number of rotatable bonds is 2. The minimum absolute atomic E-state index is 0.0876. The molecule has 0 aliphatic heterocycles. The first-order valence-corrected chi connectivity index (χ1v) is 5.04. The van der Waals surface area contributed by atoms with E-state index in [2.05, 4.69) is 9.68 Å². The molecule has 0 fully saturated rings. The number of hydrogen-bond donors (Lipinski definition) is 0. The second kappa shape index (κ2) is 4.29. The molecule has 18 heavy (non-hydrogen) atoms. The second-order valence-electron chi connectivity index (χ2n) is 3.66. The number of halogens is 3. The lowest BCUT2D eigenvalue weighted by atomic mass is 10.0. The highest BCUT2D eigenvalue weighted by Gasteiger charge is 2.41. The summed E-state index contributed by atoms with van der Waals surface area (Å²) < 4.78 is 42.2. The SMILES string of the molecule is CC(=O)c1c(-c2ccccc2)noc1C(F)(F)F. The van der Waals surface area contributed by atoms with Crippen molar-refractivity contribution in [1.29, 1.82) is 0 Å². The highest BCUT2D eigenvalue weighted by molar-refractivity contribution is 6.00. The van der Waals surface area contributed by atoms with Crippen LogP contribution in [0, 0.1) is 0 Å². The van der Waals surface area contributed by atoms with Crippen molar-refractivity contribution >= 4 is 5.78 Å². The Hall–Kier alpha value is -2.11. The molecule has 2 aromatic rings. The minimum atomic E-state index is -4.74. The van der Waals surface area contributed by atoms with E-state index in [0.717, 1.165) is 6.92 Å². The predicted molar refractivity (Wildman–Crippen MR) is 56.9 cm³/mol. The van der Waals surface area contributed by atoms with E-state index < -0.39 is 23.3 Å². The Morgan fingerprint density at radius 3 is 2.33 bits per heavy atom. The molecule has 0 saturated carbocycles. The topological polar surface area (TPSA) is 43.1 Å². The summed E-state index contributed by atoms with van der Waals surface area (Å²) in [7, 11) is 0. The van der Waals surface area contributed by atoms with Crippen molar-refractivity contribution in [2.45, 2.75) is 13.1 Å². The fourth-order valence-electron chi connectivity index (χ4n) is 1.60.